The van der Waals surface area contributed by atoms with Gasteiger partial charge in [-0.2, -0.15) is 0 Å². The van der Waals surface area contributed by atoms with Gasteiger partial charge < -0.3 is 10.4 Å². The minimum Gasteiger partial charge on any atom is -0.395 e. The van der Waals surface area contributed by atoms with Crippen molar-refractivity contribution < 1.29 is 5.11 Å². The lowest BCUT2D eigenvalue weighted by atomic mass is 10.1. The fourth-order valence-corrected chi connectivity index (χ4v) is 1.53. The van der Waals surface area contributed by atoms with Crippen LogP contribution < -0.4 is 5.32 Å². The molecule has 0 aromatic rings. The molecule has 0 bridgehead atoms. The fraction of sp³-hybridized carbons (Fsp3) is 1.00. The van der Waals surface area contributed by atoms with Gasteiger partial charge in [0.15, 0.2) is 0 Å². The summed E-state index contributed by atoms with van der Waals surface area (Å²) in [6.45, 7) is 7.83. The van der Waals surface area contributed by atoms with Crippen molar-refractivity contribution in [1.29, 1.82) is 0 Å². The molecule has 2 heteroatoms. The van der Waals surface area contributed by atoms with Gasteiger partial charge in [0, 0.05) is 6.04 Å². The van der Waals surface area contributed by atoms with Crippen molar-refractivity contribution in [1.82, 2.24) is 5.32 Å². The van der Waals surface area contributed by atoms with Crippen molar-refractivity contribution in [3.05, 3.63) is 0 Å². The summed E-state index contributed by atoms with van der Waals surface area (Å²) >= 11 is 0. The van der Waals surface area contributed by atoms with Crippen molar-refractivity contribution >= 4 is 0 Å². The Labute approximate surface area is 89.1 Å². The second-order valence-electron chi connectivity index (χ2n) is 4.40. The van der Waals surface area contributed by atoms with Gasteiger partial charge in [-0.3, -0.25) is 0 Å². The molecule has 0 fully saturated rings. The molecule has 1 unspecified atom stereocenters. The number of unbranched alkanes of at least 4 members (excludes halogenated alkanes) is 4. The third-order valence-electron chi connectivity index (χ3n) is 2.69. The van der Waals surface area contributed by atoms with Gasteiger partial charge in [-0.05, 0) is 18.9 Å². The zero-order valence-electron chi connectivity index (χ0n) is 10.1. The monoisotopic (exact) mass is 201 g/mol. The maximum atomic E-state index is 9.07. The Balaban J connectivity index is 3.25. The molecule has 0 aliphatic carbocycles. The van der Waals surface area contributed by atoms with Gasteiger partial charge in [0.1, 0.15) is 0 Å². The molecule has 86 valence electrons. The molecule has 0 radical (unpaired) electrons. The van der Waals surface area contributed by atoms with E-state index in [0.29, 0.717) is 5.92 Å². The summed E-state index contributed by atoms with van der Waals surface area (Å²) in [5.41, 5.74) is 0. The molecule has 1 atom stereocenters. The van der Waals surface area contributed by atoms with Crippen molar-refractivity contribution in [2.75, 3.05) is 13.2 Å². The van der Waals surface area contributed by atoms with E-state index in [-0.39, 0.29) is 12.6 Å². The molecule has 0 amide bonds. The number of hydrogen-bond donors (Lipinski definition) is 2. The molecule has 14 heavy (non-hydrogen) atoms. The van der Waals surface area contributed by atoms with Crippen LogP contribution in [0.5, 0.6) is 0 Å². The van der Waals surface area contributed by atoms with E-state index < -0.39 is 0 Å². The maximum Gasteiger partial charge on any atom is 0.0587 e. The molecule has 2 nitrogen and oxygen atoms in total. The molecular formula is C12H27NO. The SMILES string of the molecule is CCCCCCCNC(CO)C(C)C. The normalized spacial score (nSPS) is 13.5. The molecule has 0 heterocycles. The minimum atomic E-state index is 0.257. The first-order valence-corrected chi connectivity index (χ1v) is 6.06. The van der Waals surface area contributed by atoms with E-state index in [2.05, 4.69) is 26.1 Å². The molecule has 0 saturated heterocycles. The zero-order valence-corrected chi connectivity index (χ0v) is 10.1. The Morgan fingerprint density at radius 2 is 1.71 bits per heavy atom. The smallest absolute Gasteiger partial charge is 0.0587 e. The van der Waals surface area contributed by atoms with E-state index in [9.17, 15) is 0 Å². The Kier molecular flexibility index (Phi) is 9.42. The van der Waals surface area contributed by atoms with Crippen LogP contribution in [0.3, 0.4) is 0 Å². The van der Waals surface area contributed by atoms with Crippen LogP contribution >= 0.6 is 0 Å². The van der Waals surface area contributed by atoms with Crippen LogP contribution in [0.2, 0.25) is 0 Å². The van der Waals surface area contributed by atoms with Crippen molar-refractivity contribution in [3.8, 4) is 0 Å². The molecule has 0 aromatic carbocycles. The molecule has 2 N–H and O–H groups in total. The largest absolute Gasteiger partial charge is 0.395 e. The van der Waals surface area contributed by atoms with Crippen LogP contribution in [0.4, 0.5) is 0 Å². The standard InChI is InChI=1S/C12H27NO/c1-4-5-6-7-8-9-13-12(10-14)11(2)3/h11-14H,4-10H2,1-3H3. The van der Waals surface area contributed by atoms with Gasteiger partial charge in [0.05, 0.1) is 6.61 Å². The highest BCUT2D eigenvalue weighted by Crippen LogP contribution is 2.03. The lowest BCUT2D eigenvalue weighted by Crippen LogP contribution is -2.37. The van der Waals surface area contributed by atoms with Crippen LogP contribution in [0.1, 0.15) is 52.9 Å². The molecule has 0 saturated carbocycles. The van der Waals surface area contributed by atoms with Gasteiger partial charge in [0.25, 0.3) is 0 Å². The molecule has 0 aliphatic heterocycles. The van der Waals surface area contributed by atoms with E-state index >= 15 is 0 Å². The first-order valence-electron chi connectivity index (χ1n) is 6.06. The number of hydrogen-bond acceptors (Lipinski definition) is 2. The predicted octanol–water partition coefficient (Wildman–Crippen LogP) is 2.56. The number of aliphatic hydroxyl groups is 1. The zero-order chi connectivity index (χ0) is 10.8. The number of rotatable bonds is 9. The summed E-state index contributed by atoms with van der Waals surface area (Å²) < 4.78 is 0. The van der Waals surface area contributed by atoms with Gasteiger partial charge >= 0.3 is 0 Å². The third-order valence-corrected chi connectivity index (χ3v) is 2.69. The van der Waals surface area contributed by atoms with Crippen molar-refractivity contribution in [2.45, 2.75) is 58.9 Å². The van der Waals surface area contributed by atoms with Crippen LogP contribution in [0.25, 0.3) is 0 Å². The molecule has 0 aliphatic rings. The highest BCUT2D eigenvalue weighted by atomic mass is 16.3. The summed E-state index contributed by atoms with van der Waals surface area (Å²) in [5.74, 6) is 0.524. The van der Waals surface area contributed by atoms with E-state index in [0.717, 1.165) is 6.54 Å². The van der Waals surface area contributed by atoms with Crippen LogP contribution in [-0.4, -0.2) is 24.3 Å². The second kappa shape index (κ2) is 9.47. The Bertz CT molecular complexity index is 115. The van der Waals surface area contributed by atoms with E-state index in [4.69, 9.17) is 5.11 Å². The van der Waals surface area contributed by atoms with Crippen LogP contribution in [-0.2, 0) is 0 Å². The minimum absolute atomic E-state index is 0.257. The lowest BCUT2D eigenvalue weighted by Gasteiger charge is -2.19. The molecule has 0 rings (SSSR count). The van der Waals surface area contributed by atoms with Crippen LogP contribution in [0, 0.1) is 5.92 Å². The summed E-state index contributed by atoms with van der Waals surface area (Å²) in [7, 11) is 0. The van der Waals surface area contributed by atoms with Gasteiger partial charge in [-0.15, -0.1) is 0 Å². The topological polar surface area (TPSA) is 32.3 Å². The second-order valence-corrected chi connectivity index (χ2v) is 4.40. The first kappa shape index (κ1) is 13.9. The summed E-state index contributed by atoms with van der Waals surface area (Å²) in [6, 6.07) is 0.279. The third kappa shape index (κ3) is 7.34. The number of nitrogens with one attached hydrogen (secondary N) is 1. The Morgan fingerprint density at radius 3 is 2.21 bits per heavy atom. The average molecular weight is 201 g/mol. The quantitative estimate of drug-likeness (QED) is 0.562. The van der Waals surface area contributed by atoms with Gasteiger partial charge in [0.2, 0.25) is 0 Å². The molecular weight excluding hydrogens is 174 g/mol. The van der Waals surface area contributed by atoms with Gasteiger partial charge in [-0.25, -0.2) is 0 Å². The van der Waals surface area contributed by atoms with Crippen molar-refractivity contribution in [3.63, 3.8) is 0 Å². The maximum absolute atomic E-state index is 9.07. The predicted molar refractivity (Wildman–Crippen MR) is 62.5 cm³/mol. The van der Waals surface area contributed by atoms with Gasteiger partial charge in [-0.1, -0.05) is 46.5 Å². The molecule has 0 aromatic heterocycles. The van der Waals surface area contributed by atoms with E-state index in [1.54, 1.807) is 0 Å². The van der Waals surface area contributed by atoms with Crippen molar-refractivity contribution in [2.24, 2.45) is 5.92 Å². The number of aliphatic hydroxyl groups excluding tert-OH is 1. The highest BCUT2D eigenvalue weighted by Gasteiger charge is 2.09. The first-order chi connectivity index (χ1) is 6.72. The van der Waals surface area contributed by atoms with E-state index in [1.165, 1.54) is 32.1 Å². The molecule has 0 spiro atoms. The van der Waals surface area contributed by atoms with Crippen LogP contribution in [0.15, 0.2) is 0 Å². The van der Waals surface area contributed by atoms with E-state index in [1.807, 2.05) is 0 Å². The fourth-order valence-electron chi connectivity index (χ4n) is 1.53. The highest BCUT2D eigenvalue weighted by molar-refractivity contribution is 4.68. The lowest BCUT2D eigenvalue weighted by molar-refractivity contribution is 0.210. The summed E-state index contributed by atoms with van der Waals surface area (Å²) in [5, 5.41) is 12.5. The summed E-state index contributed by atoms with van der Waals surface area (Å²) in [4.78, 5) is 0. The Hall–Kier alpha value is -0.0800. The summed E-state index contributed by atoms with van der Waals surface area (Å²) in [6.07, 6.45) is 6.57. The average Bonchev–Trinajstić information content (AvgIpc) is 2.16. The Morgan fingerprint density at radius 1 is 1.07 bits per heavy atom.